The lowest BCUT2D eigenvalue weighted by atomic mass is 10.2. The molecule has 5 aromatic rings. The van der Waals surface area contributed by atoms with Crippen LogP contribution in [-0.4, -0.2) is 37.9 Å². The van der Waals surface area contributed by atoms with Crippen LogP contribution in [0.25, 0.3) is 28.0 Å². The van der Waals surface area contributed by atoms with E-state index in [4.69, 9.17) is 20.8 Å². The van der Waals surface area contributed by atoms with E-state index in [2.05, 4.69) is 15.2 Å². The summed E-state index contributed by atoms with van der Waals surface area (Å²) in [4.78, 5) is 17.5. The molecule has 0 saturated carbocycles. The second kappa shape index (κ2) is 9.38. The molecular formula is C23H20ClN5O3S. The minimum atomic E-state index is -0.0861. The molecular weight excluding hydrogens is 462 g/mol. The van der Waals surface area contributed by atoms with Crippen LogP contribution in [0.2, 0.25) is 5.02 Å². The zero-order valence-electron chi connectivity index (χ0n) is 17.8. The Balaban J connectivity index is 1.47. The van der Waals surface area contributed by atoms with Gasteiger partial charge in [-0.2, -0.15) is 0 Å². The van der Waals surface area contributed by atoms with Gasteiger partial charge in [0.15, 0.2) is 10.9 Å². The van der Waals surface area contributed by atoms with Crippen molar-refractivity contribution in [3.63, 3.8) is 0 Å². The van der Waals surface area contributed by atoms with Crippen molar-refractivity contribution >= 4 is 40.0 Å². The Bertz CT molecular complexity index is 1490. The minimum Gasteiger partial charge on any atom is -0.440 e. The maximum absolute atomic E-state index is 13.1. The van der Waals surface area contributed by atoms with Crippen molar-refractivity contribution in [2.75, 3.05) is 13.7 Å². The number of ether oxygens (including phenoxy) is 1. The fourth-order valence-electron chi connectivity index (χ4n) is 3.67. The summed E-state index contributed by atoms with van der Waals surface area (Å²) in [7, 11) is 1.64. The van der Waals surface area contributed by atoms with E-state index in [1.165, 1.54) is 11.8 Å². The first-order valence-electron chi connectivity index (χ1n) is 10.3. The fraction of sp³-hybridized carbons (Fsp3) is 0.217. The lowest BCUT2D eigenvalue weighted by molar-refractivity contribution is 0.190. The van der Waals surface area contributed by atoms with Crippen LogP contribution in [0.5, 0.6) is 0 Å². The number of para-hydroxylation sites is 1. The van der Waals surface area contributed by atoms with E-state index in [0.717, 1.165) is 11.1 Å². The SMILES string of the molecule is COCCCn1c(=O)c2ccccc2n2c(SCc3ncc(-c4cccc(Cl)c4)o3)nnc12. The second-order valence-electron chi connectivity index (χ2n) is 7.36. The second-order valence-corrected chi connectivity index (χ2v) is 8.73. The summed E-state index contributed by atoms with van der Waals surface area (Å²) in [6.45, 7) is 1.05. The van der Waals surface area contributed by atoms with E-state index in [1.54, 1.807) is 17.9 Å². The lowest BCUT2D eigenvalue weighted by Gasteiger charge is -2.10. The molecule has 0 atom stereocenters. The minimum absolute atomic E-state index is 0.0861. The molecule has 0 spiro atoms. The van der Waals surface area contributed by atoms with Gasteiger partial charge in [0.25, 0.3) is 5.56 Å². The van der Waals surface area contributed by atoms with Gasteiger partial charge in [-0.15, -0.1) is 10.2 Å². The maximum Gasteiger partial charge on any atom is 0.262 e. The quantitative estimate of drug-likeness (QED) is 0.235. The van der Waals surface area contributed by atoms with Gasteiger partial charge in [0.05, 0.1) is 22.9 Å². The molecule has 0 aliphatic carbocycles. The summed E-state index contributed by atoms with van der Waals surface area (Å²) >= 11 is 7.53. The first-order chi connectivity index (χ1) is 16.2. The van der Waals surface area contributed by atoms with Crippen molar-refractivity contribution in [1.82, 2.24) is 24.1 Å². The number of thioether (sulfide) groups is 1. The highest BCUT2D eigenvalue weighted by molar-refractivity contribution is 7.98. The van der Waals surface area contributed by atoms with Crippen molar-refractivity contribution in [3.05, 3.63) is 76.0 Å². The van der Waals surface area contributed by atoms with Crippen molar-refractivity contribution in [3.8, 4) is 11.3 Å². The molecule has 0 saturated heterocycles. The van der Waals surface area contributed by atoms with Gasteiger partial charge in [-0.3, -0.25) is 13.8 Å². The molecule has 3 heterocycles. The van der Waals surface area contributed by atoms with Gasteiger partial charge in [-0.1, -0.05) is 47.6 Å². The number of aromatic nitrogens is 5. The predicted molar refractivity (Wildman–Crippen MR) is 128 cm³/mol. The fourth-order valence-corrected chi connectivity index (χ4v) is 4.66. The third-order valence-electron chi connectivity index (χ3n) is 5.20. The molecule has 0 amide bonds. The topological polar surface area (TPSA) is 87.5 Å². The number of hydrogen-bond donors (Lipinski definition) is 0. The highest BCUT2D eigenvalue weighted by atomic mass is 35.5. The van der Waals surface area contributed by atoms with Crippen LogP contribution in [0.3, 0.4) is 0 Å². The van der Waals surface area contributed by atoms with E-state index in [1.807, 2.05) is 52.9 Å². The van der Waals surface area contributed by atoms with Crippen LogP contribution in [0, 0.1) is 0 Å². The first kappa shape index (κ1) is 21.7. The average molecular weight is 482 g/mol. The summed E-state index contributed by atoms with van der Waals surface area (Å²) in [6.07, 6.45) is 2.38. The largest absolute Gasteiger partial charge is 0.440 e. The van der Waals surface area contributed by atoms with E-state index >= 15 is 0 Å². The van der Waals surface area contributed by atoms with Crippen LogP contribution in [0.1, 0.15) is 12.3 Å². The highest BCUT2D eigenvalue weighted by Gasteiger charge is 2.17. The van der Waals surface area contributed by atoms with Crippen LogP contribution >= 0.6 is 23.4 Å². The first-order valence-corrected chi connectivity index (χ1v) is 11.7. The monoisotopic (exact) mass is 481 g/mol. The maximum atomic E-state index is 13.1. The number of rotatable bonds is 8. The molecule has 33 heavy (non-hydrogen) atoms. The van der Waals surface area contributed by atoms with Gasteiger partial charge in [0, 0.05) is 30.8 Å². The molecule has 3 aromatic heterocycles. The third-order valence-corrected chi connectivity index (χ3v) is 6.34. The van der Waals surface area contributed by atoms with Gasteiger partial charge in [-0.05, 0) is 30.7 Å². The van der Waals surface area contributed by atoms with Gasteiger partial charge >= 0.3 is 0 Å². The summed E-state index contributed by atoms with van der Waals surface area (Å²) in [6, 6.07) is 14.9. The lowest BCUT2D eigenvalue weighted by Crippen LogP contribution is -2.24. The molecule has 0 bridgehead atoms. The molecule has 8 nitrogen and oxygen atoms in total. The molecule has 0 unspecified atom stereocenters. The van der Waals surface area contributed by atoms with Gasteiger partial charge in [0.1, 0.15) is 0 Å². The zero-order valence-corrected chi connectivity index (χ0v) is 19.3. The van der Waals surface area contributed by atoms with Gasteiger partial charge < -0.3 is 9.15 Å². The summed E-state index contributed by atoms with van der Waals surface area (Å²) in [5.74, 6) is 2.17. The molecule has 0 fully saturated rings. The van der Waals surface area contributed by atoms with Gasteiger partial charge in [-0.25, -0.2) is 4.98 Å². The van der Waals surface area contributed by atoms with Crippen molar-refractivity contribution in [1.29, 1.82) is 0 Å². The van der Waals surface area contributed by atoms with E-state index in [-0.39, 0.29) is 5.56 Å². The summed E-state index contributed by atoms with van der Waals surface area (Å²) in [5, 5.41) is 10.6. The smallest absolute Gasteiger partial charge is 0.262 e. The molecule has 2 aromatic carbocycles. The number of halogens is 1. The Morgan fingerprint density at radius 2 is 2.03 bits per heavy atom. The van der Waals surface area contributed by atoms with Crippen LogP contribution in [0.15, 0.2) is 69.1 Å². The third kappa shape index (κ3) is 4.27. The van der Waals surface area contributed by atoms with Crippen LogP contribution in [0.4, 0.5) is 0 Å². The normalized spacial score (nSPS) is 11.6. The molecule has 0 N–H and O–H groups in total. The zero-order chi connectivity index (χ0) is 22.8. The standard InChI is InChI=1S/C23H20ClN5O3S/c1-31-11-5-10-28-21(30)17-8-2-3-9-18(17)29-22(28)26-27-23(29)33-14-20-25-13-19(32-20)15-6-4-7-16(24)12-15/h2-4,6-9,12-13H,5,10-11,14H2,1H3. The molecule has 168 valence electrons. The van der Waals surface area contributed by atoms with Crippen molar-refractivity contribution in [2.24, 2.45) is 0 Å². The Kier molecular flexibility index (Phi) is 6.17. The number of methoxy groups -OCH3 is 1. The van der Waals surface area contributed by atoms with Crippen molar-refractivity contribution < 1.29 is 9.15 Å². The van der Waals surface area contributed by atoms with E-state index in [9.17, 15) is 4.79 Å². The number of oxazole rings is 1. The number of hydrogen-bond acceptors (Lipinski definition) is 7. The summed E-state index contributed by atoms with van der Waals surface area (Å²) < 4.78 is 14.6. The number of fused-ring (bicyclic) bond motifs is 3. The van der Waals surface area contributed by atoms with Gasteiger partial charge in [0.2, 0.25) is 11.7 Å². The molecule has 0 aliphatic heterocycles. The average Bonchev–Trinajstić information content (AvgIpc) is 3.47. The van der Waals surface area contributed by atoms with E-state index < -0.39 is 0 Å². The number of nitrogens with zero attached hydrogens (tertiary/aromatic N) is 5. The Hall–Kier alpha value is -3.14. The summed E-state index contributed by atoms with van der Waals surface area (Å²) in [5.41, 5.74) is 1.54. The molecule has 5 rings (SSSR count). The van der Waals surface area contributed by atoms with E-state index in [0.29, 0.717) is 58.3 Å². The Morgan fingerprint density at radius 1 is 1.15 bits per heavy atom. The molecule has 10 heteroatoms. The van der Waals surface area contributed by atoms with Crippen LogP contribution in [-0.2, 0) is 17.0 Å². The number of benzene rings is 2. The Labute approximate surface area is 198 Å². The van der Waals surface area contributed by atoms with Crippen molar-refractivity contribution in [2.45, 2.75) is 23.9 Å². The predicted octanol–water partition coefficient (Wildman–Crippen LogP) is 4.68. The Morgan fingerprint density at radius 3 is 2.88 bits per heavy atom. The molecule has 0 aliphatic rings. The highest BCUT2D eigenvalue weighted by Crippen LogP contribution is 2.28. The molecule has 0 radical (unpaired) electrons. The number of aryl methyl sites for hydroxylation is 1. The van der Waals surface area contributed by atoms with Crippen LogP contribution < -0.4 is 5.56 Å².